The first-order valence-electron chi connectivity index (χ1n) is 10.5. The number of rotatable bonds is 8. The van der Waals surface area contributed by atoms with E-state index >= 15 is 0 Å². The molecule has 0 radical (unpaired) electrons. The Morgan fingerprint density at radius 2 is 2.06 bits per heavy atom. The average molecular weight is 442 g/mol. The lowest BCUT2D eigenvalue weighted by molar-refractivity contribution is -0.113. The summed E-state index contributed by atoms with van der Waals surface area (Å²) in [4.78, 5) is 30.5. The molecule has 0 spiro atoms. The molecular weight excluding hydrogens is 414 g/mol. The molecule has 4 rings (SSSR count). The maximum atomic E-state index is 13.1. The first kappa shape index (κ1) is 21.6. The van der Waals surface area contributed by atoms with E-state index in [2.05, 4.69) is 15.4 Å². The first-order chi connectivity index (χ1) is 15.1. The van der Waals surface area contributed by atoms with Crippen molar-refractivity contribution in [2.45, 2.75) is 49.8 Å². The molecule has 2 aromatic heterocycles. The maximum Gasteiger partial charge on any atom is 0.262 e. The van der Waals surface area contributed by atoms with Crippen LogP contribution < -0.4 is 10.9 Å². The van der Waals surface area contributed by atoms with Gasteiger partial charge in [-0.3, -0.25) is 14.2 Å². The Kier molecular flexibility index (Phi) is 6.72. The van der Waals surface area contributed by atoms with Crippen LogP contribution in [0.15, 0.2) is 46.5 Å². The summed E-state index contributed by atoms with van der Waals surface area (Å²) in [5.74, 6) is 0.701. The third-order valence-corrected chi connectivity index (χ3v) is 6.52. The molecule has 164 valence electrons. The van der Waals surface area contributed by atoms with Gasteiger partial charge >= 0.3 is 0 Å². The molecule has 1 amide bonds. The van der Waals surface area contributed by atoms with Crippen molar-refractivity contribution in [2.75, 3.05) is 24.8 Å². The lowest BCUT2D eigenvalue weighted by Crippen LogP contribution is -2.29. The van der Waals surface area contributed by atoms with Gasteiger partial charge in [0.2, 0.25) is 5.91 Å². The van der Waals surface area contributed by atoms with Crippen LogP contribution in [0.5, 0.6) is 0 Å². The van der Waals surface area contributed by atoms with Gasteiger partial charge in [0, 0.05) is 13.2 Å². The van der Waals surface area contributed by atoms with E-state index in [0.29, 0.717) is 34.5 Å². The maximum absolute atomic E-state index is 13.1. The van der Waals surface area contributed by atoms with Gasteiger partial charge in [0.05, 0.1) is 41.5 Å². The molecule has 0 bridgehead atoms. The lowest BCUT2D eigenvalue weighted by atomic mass is 10.2. The van der Waals surface area contributed by atoms with E-state index in [1.165, 1.54) is 24.6 Å². The lowest BCUT2D eigenvalue weighted by Gasteiger charge is -2.19. The minimum absolute atomic E-state index is 0.127. The van der Waals surface area contributed by atoms with Gasteiger partial charge in [-0.05, 0) is 31.9 Å². The van der Waals surface area contributed by atoms with Crippen LogP contribution in [0.25, 0.3) is 10.9 Å². The second-order valence-corrected chi connectivity index (χ2v) is 8.77. The molecule has 1 aliphatic carbocycles. The number of para-hydroxylation sites is 1. The fourth-order valence-electron chi connectivity index (χ4n) is 4.09. The molecule has 0 aliphatic heterocycles. The second kappa shape index (κ2) is 9.65. The topological polar surface area (TPSA) is 91.0 Å². The average Bonchev–Trinajstić information content (AvgIpc) is 3.44. The number of amides is 1. The Bertz CT molecular complexity index is 1120. The van der Waals surface area contributed by atoms with Gasteiger partial charge in [-0.2, -0.15) is 5.10 Å². The van der Waals surface area contributed by atoms with Gasteiger partial charge < -0.3 is 10.1 Å². The van der Waals surface area contributed by atoms with Crippen LogP contribution in [-0.2, 0) is 9.53 Å². The van der Waals surface area contributed by atoms with Crippen molar-refractivity contribution in [1.29, 1.82) is 0 Å². The molecule has 3 aromatic rings. The minimum Gasteiger partial charge on any atom is -0.383 e. The highest BCUT2D eigenvalue weighted by Crippen LogP contribution is 2.31. The van der Waals surface area contributed by atoms with Crippen LogP contribution in [0.3, 0.4) is 0 Å². The Morgan fingerprint density at radius 3 is 2.84 bits per heavy atom. The van der Waals surface area contributed by atoms with Crippen molar-refractivity contribution >= 4 is 34.4 Å². The number of carbonyl (C=O) groups excluding carboxylic acids is 1. The minimum atomic E-state index is -0.205. The Labute approximate surface area is 185 Å². The van der Waals surface area contributed by atoms with Gasteiger partial charge in [0.25, 0.3) is 5.56 Å². The summed E-state index contributed by atoms with van der Waals surface area (Å²) in [5, 5.41) is 8.42. The van der Waals surface area contributed by atoms with E-state index in [1.807, 2.05) is 35.9 Å². The van der Waals surface area contributed by atoms with Crippen LogP contribution in [-0.4, -0.2) is 44.7 Å². The Balaban J connectivity index is 1.53. The number of hydrogen-bond acceptors (Lipinski definition) is 6. The fourth-order valence-corrected chi connectivity index (χ4v) is 4.99. The van der Waals surface area contributed by atoms with Crippen LogP contribution in [0.1, 0.15) is 44.7 Å². The van der Waals surface area contributed by atoms with E-state index in [-0.39, 0.29) is 23.3 Å². The zero-order chi connectivity index (χ0) is 21.8. The zero-order valence-corrected chi connectivity index (χ0v) is 18.6. The van der Waals surface area contributed by atoms with Crippen LogP contribution in [0, 0.1) is 0 Å². The first-order valence-corrected chi connectivity index (χ1v) is 11.5. The Hall–Kier alpha value is -2.65. The van der Waals surface area contributed by atoms with Crippen molar-refractivity contribution in [1.82, 2.24) is 19.3 Å². The normalized spacial score (nSPS) is 15.4. The zero-order valence-electron chi connectivity index (χ0n) is 17.8. The molecule has 9 heteroatoms. The quantitative estimate of drug-likeness (QED) is 0.424. The monoisotopic (exact) mass is 441 g/mol. The molecule has 2 heterocycles. The smallest absolute Gasteiger partial charge is 0.262 e. The van der Waals surface area contributed by atoms with E-state index in [0.717, 1.165) is 12.8 Å². The number of thioether (sulfide) groups is 1. The second-order valence-electron chi connectivity index (χ2n) is 7.83. The highest BCUT2D eigenvalue weighted by molar-refractivity contribution is 7.99. The number of hydrogen-bond donors (Lipinski definition) is 1. The summed E-state index contributed by atoms with van der Waals surface area (Å²) in [7, 11) is 1.60. The van der Waals surface area contributed by atoms with E-state index in [9.17, 15) is 9.59 Å². The molecule has 1 atom stereocenters. The molecule has 0 unspecified atom stereocenters. The largest absolute Gasteiger partial charge is 0.383 e. The van der Waals surface area contributed by atoms with Gasteiger partial charge in [-0.15, -0.1) is 0 Å². The molecule has 1 aromatic carbocycles. The van der Waals surface area contributed by atoms with Crippen LogP contribution in [0.2, 0.25) is 0 Å². The summed E-state index contributed by atoms with van der Waals surface area (Å²) in [6.07, 6.45) is 6.28. The summed E-state index contributed by atoms with van der Waals surface area (Å²) in [6, 6.07) is 9.22. The number of ether oxygens (including phenoxy) is 1. The highest BCUT2D eigenvalue weighted by atomic mass is 32.2. The number of aromatic nitrogens is 4. The summed E-state index contributed by atoms with van der Waals surface area (Å²) < 4.78 is 8.79. The van der Waals surface area contributed by atoms with Crippen molar-refractivity contribution in [2.24, 2.45) is 0 Å². The summed E-state index contributed by atoms with van der Waals surface area (Å²) in [5.41, 5.74) is 0.493. The van der Waals surface area contributed by atoms with Gasteiger partial charge in [0.1, 0.15) is 5.82 Å². The van der Waals surface area contributed by atoms with E-state index in [1.54, 1.807) is 23.9 Å². The summed E-state index contributed by atoms with van der Waals surface area (Å²) >= 11 is 1.25. The molecule has 8 nitrogen and oxygen atoms in total. The number of methoxy groups -OCH3 is 1. The molecule has 1 saturated carbocycles. The standard InChI is InChI=1S/C22H27N5O3S/c1-15(13-30-2)26-21(29)17-9-5-6-10-18(17)24-22(26)31-14-20(28)25-19-11-12-23-27(19)16-7-3-4-8-16/h5-6,9-12,15-16H,3-4,7-8,13-14H2,1-2H3,(H,25,28)/t15-/m1/s1. The fraction of sp³-hybridized carbons (Fsp3) is 0.455. The highest BCUT2D eigenvalue weighted by Gasteiger charge is 2.21. The van der Waals surface area contributed by atoms with Gasteiger partial charge in [0.15, 0.2) is 5.16 Å². The SMILES string of the molecule is COC[C@@H](C)n1c(SCC(=O)Nc2ccnn2C2CCCC2)nc2ccccc2c1=O. The molecule has 1 aliphatic rings. The third-order valence-electron chi connectivity index (χ3n) is 5.56. The number of anilines is 1. The van der Waals surface area contributed by atoms with Gasteiger partial charge in [-0.1, -0.05) is 36.7 Å². The number of benzene rings is 1. The summed E-state index contributed by atoms with van der Waals surface area (Å²) in [6.45, 7) is 2.28. The van der Waals surface area contributed by atoms with Crippen LogP contribution in [0.4, 0.5) is 5.82 Å². The number of carbonyl (C=O) groups is 1. The predicted molar refractivity (Wildman–Crippen MR) is 122 cm³/mol. The predicted octanol–water partition coefficient (Wildman–Crippen LogP) is 3.65. The molecular formula is C22H27N5O3S. The molecule has 1 N–H and O–H groups in total. The Morgan fingerprint density at radius 1 is 1.29 bits per heavy atom. The van der Waals surface area contributed by atoms with Crippen molar-refractivity contribution < 1.29 is 9.53 Å². The van der Waals surface area contributed by atoms with Crippen LogP contribution >= 0.6 is 11.8 Å². The van der Waals surface area contributed by atoms with Gasteiger partial charge in [-0.25, -0.2) is 9.67 Å². The van der Waals surface area contributed by atoms with Crippen molar-refractivity contribution in [3.05, 3.63) is 46.9 Å². The number of fused-ring (bicyclic) bond motifs is 1. The number of nitrogens with one attached hydrogen (secondary N) is 1. The molecule has 0 saturated heterocycles. The van der Waals surface area contributed by atoms with Crippen molar-refractivity contribution in [3.8, 4) is 0 Å². The molecule has 1 fully saturated rings. The van der Waals surface area contributed by atoms with E-state index in [4.69, 9.17) is 4.74 Å². The molecule has 31 heavy (non-hydrogen) atoms. The number of nitrogens with zero attached hydrogens (tertiary/aromatic N) is 4. The van der Waals surface area contributed by atoms with E-state index < -0.39 is 0 Å². The van der Waals surface area contributed by atoms with Crippen molar-refractivity contribution in [3.63, 3.8) is 0 Å². The third kappa shape index (κ3) is 4.67.